The van der Waals surface area contributed by atoms with Gasteiger partial charge in [-0.25, -0.2) is 4.99 Å². The number of nitrogens with one attached hydrogen (secondary N) is 2. The number of hydrogen-bond donors (Lipinski definition) is 2. The third-order valence-electron chi connectivity index (χ3n) is 3.48. The Hall–Kier alpha value is -1.36. The summed E-state index contributed by atoms with van der Waals surface area (Å²) >= 11 is 3.41. The summed E-state index contributed by atoms with van der Waals surface area (Å²) in [6, 6.07) is 7.85. The fraction of sp³-hybridized carbons (Fsp3) is 0.526. The second-order valence-corrected chi connectivity index (χ2v) is 8.48. The van der Waals surface area contributed by atoms with Gasteiger partial charge in [0.1, 0.15) is 0 Å². The van der Waals surface area contributed by atoms with E-state index in [1.54, 1.807) is 26.0 Å². The second kappa shape index (κ2) is 12.3. The first-order valence-electron chi connectivity index (χ1n) is 8.73. The topological polar surface area (TPSA) is 77.0 Å². The van der Waals surface area contributed by atoms with Gasteiger partial charge in [0.15, 0.2) is 5.96 Å². The molecule has 9 heteroatoms. The van der Waals surface area contributed by atoms with Crippen molar-refractivity contribution in [1.29, 1.82) is 0 Å². The van der Waals surface area contributed by atoms with E-state index in [0.29, 0.717) is 12.5 Å². The molecule has 0 aliphatic heterocycles. The van der Waals surface area contributed by atoms with Crippen LogP contribution in [0.1, 0.15) is 26.3 Å². The van der Waals surface area contributed by atoms with Crippen molar-refractivity contribution >= 4 is 57.7 Å². The van der Waals surface area contributed by atoms with E-state index in [9.17, 15) is 9.59 Å². The van der Waals surface area contributed by atoms with E-state index in [4.69, 9.17) is 0 Å². The van der Waals surface area contributed by atoms with Crippen LogP contribution in [0, 0.1) is 0 Å². The van der Waals surface area contributed by atoms with Gasteiger partial charge >= 0.3 is 0 Å². The highest BCUT2D eigenvalue weighted by atomic mass is 127. The molecule has 2 N–H and O–H groups in total. The second-order valence-electron chi connectivity index (χ2n) is 7.56. The van der Waals surface area contributed by atoms with Gasteiger partial charge in [-0.05, 0) is 38.5 Å². The Morgan fingerprint density at radius 3 is 2.18 bits per heavy atom. The molecular formula is C19H31BrIN5O2. The van der Waals surface area contributed by atoms with E-state index in [2.05, 4.69) is 31.6 Å². The van der Waals surface area contributed by atoms with Crippen LogP contribution >= 0.6 is 39.9 Å². The molecule has 7 nitrogen and oxygen atoms in total. The molecule has 0 radical (unpaired) electrons. The summed E-state index contributed by atoms with van der Waals surface area (Å²) < 4.78 is 1.00. The molecule has 0 aliphatic carbocycles. The molecule has 0 aromatic heterocycles. The predicted molar refractivity (Wildman–Crippen MR) is 128 cm³/mol. The van der Waals surface area contributed by atoms with Crippen LogP contribution in [0.3, 0.4) is 0 Å². The summed E-state index contributed by atoms with van der Waals surface area (Å²) in [7, 11) is 5.17. The number of hydrogen-bond acceptors (Lipinski definition) is 3. The lowest BCUT2D eigenvalue weighted by Crippen LogP contribution is -2.50. The molecule has 0 saturated carbocycles. The Morgan fingerprint density at radius 1 is 1.11 bits per heavy atom. The van der Waals surface area contributed by atoms with Crippen LogP contribution < -0.4 is 10.6 Å². The molecule has 0 unspecified atom stereocenters. The summed E-state index contributed by atoms with van der Waals surface area (Å²) in [4.78, 5) is 31.9. The fourth-order valence-corrected chi connectivity index (χ4v) is 2.39. The number of carbonyl (C=O) groups excluding carboxylic acids is 2. The van der Waals surface area contributed by atoms with Crippen LogP contribution in [0.5, 0.6) is 0 Å². The van der Waals surface area contributed by atoms with Gasteiger partial charge in [0.05, 0.1) is 19.6 Å². The predicted octanol–water partition coefficient (Wildman–Crippen LogP) is 2.45. The van der Waals surface area contributed by atoms with Crippen LogP contribution in [-0.4, -0.2) is 67.3 Å². The van der Waals surface area contributed by atoms with Crippen molar-refractivity contribution in [2.75, 3.05) is 34.2 Å². The molecule has 0 bridgehead atoms. The summed E-state index contributed by atoms with van der Waals surface area (Å²) in [6.07, 6.45) is 0. The first kappa shape index (κ1) is 26.6. The Balaban J connectivity index is 0.00000729. The van der Waals surface area contributed by atoms with Crippen LogP contribution in [0.2, 0.25) is 0 Å². The molecule has 0 fully saturated rings. The van der Waals surface area contributed by atoms with Crippen molar-refractivity contribution in [2.45, 2.75) is 32.9 Å². The van der Waals surface area contributed by atoms with E-state index in [0.717, 1.165) is 10.0 Å². The van der Waals surface area contributed by atoms with Crippen LogP contribution in [0.15, 0.2) is 33.7 Å². The summed E-state index contributed by atoms with van der Waals surface area (Å²) in [5, 5.41) is 5.97. The van der Waals surface area contributed by atoms with Crippen LogP contribution in [-0.2, 0) is 16.1 Å². The van der Waals surface area contributed by atoms with Crippen LogP contribution in [0.4, 0.5) is 0 Å². The monoisotopic (exact) mass is 567 g/mol. The maximum atomic E-state index is 12.2. The Morgan fingerprint density at radius 2 is 1.68 bits per heavy atom. The summed E-state index contributed by atoms with van der Waals surface area (Å²) in [5.41, 5.74) is 0.727. The number of nitrogens with zero attached hydrogens (tertiary/aromatic N) is 3. The zero-order valence-electron chi connectivity index (χ0n) is 17.4. The summed E-state index contributed by atoms with van der Waals surface area (Å²) in [6.45, 7) is 6.48. The minimum atomic E-state index is -0.305. The molecule has 1 aromatic carbocycles. The maximum absolute atomic E-state index is 12.2. The highest BCUT2D eigenvalue weighted by Crippen LogP contribution is 2.11. The minimum Gasteiger partial charge on any atom is -0.350 e. The standard InChI is InChI=1S/C19H30BrN5O2.HI/c1-19(2,3)23-16(26)13-25(6)18(22-12-17(27)24(4)5)21-11-14-7-9-15(20)10-8-14;/h7-10H,11-13H2,1-6H3,(H,21,22)(H,23,26);1H. The largest absolute Gasteiger partial charge is 0.350 e. The minimum absolute atomic E-state index is 0. The molecule has 0 saturated heterocycles. The van der Waals surface area contributed by atoms with Gasteiger partial charge in [0.25, 0.3) is 0 Å². The third kappa shape index (κ3) is 10.8. The van der Waals surface area contributed by atoms with Crippen molar-refractivity contribution < 1.29 is 9.59 Å². The lowest BCUT2D eigenvalue weighted by Gasteiger charge is -2.26. The Bertz CT molecular complexity index is 672. The maximum Gasteiger partial charge on any atom is 0.241 e. The van der Waals surface area contributed by atoms with Gasteiger partial charge in [0, 0.05) is 31.2 Å². The SMILES string of the molecule is CN(C)C(=O)CNC(=NCc1ccc(Br)cc1)N(C)CC(=O)NC(C)(C)C.I. The van der Waals surface area contributed by atoms with Crippen LogP contribution in [0.25, 0.3) is 0 Å². The van der Waals surface area contributed by atoms with E-state index in [1.807, 2.05) is 45.0 Å². The zero-order chi connectivity index (χ0) is 20.6. The number of guanidine groups is 1. The van der Waals surface area contributed by atoms with Crippen molar-refractivity contribution in [3.63, 3.8) is 0 Å². The molecule has 0 aliphatic rings. The average molecular weight is 568 g/mol. The average Bonchev–Trinajstić information content (AvgIpc) is 2.54. The highest BCUT2D eigenvalue weighted by Gasteiger charge is 2.17. The van der Waals surface area contributed by atoms with Gasteiger partial charge in [-0.2, -0.15) is 0 Å². The molecule has 28 heavy (non-hydrogen) atoms. The number of rotatable bonds is 6. The van der Waals surface area contributed by atoms with Crippen molar-refractivity contribution in [1.82, 2.24) is 20.4 Å². The highest BCUT2D eigenvalue weighted by molar-refractivity contribution is 14.0. The normalized spacial score (nSPS) is 11.3. The molecule has 1 aromatic rings. The third-order valence-corrected chi connectivity index (χ3v) is 4.01. The quantitative estimate of drug-likeness (QED) is 0.314. The van der Waals surface area contributed by atoms with Gasteiger partial charge < -0.3 is 20.4 Å². The number of halogens is 2. The van der Waals surface area contributed by atoms with E-state index in [-0.39, 0.29) is 54.4 Å². The van der Waals surface area contributed by atoms with E-state index in [1.165, 1.54) is 4.90 Å². The van der Waals surface area contributed by atoms with Gasteiger partial charge in [0.2, 0.25) is 11.8 Å². The van der Waals surface area contributed by atoms with Crippen molar-refractivity contribution in [3.8, 4) is 0 Å². The zero-order valence-corrected chi connectivity index (χ0v) is 21.3. The molecule has 1 rings (SSSR count). The molecule has 0 spiro atoms. The van der Waals surface area contributed by atoms with Gasteiger partial charge in [-0.3, -0.25) is 9.59 Å². The molecule has 158 valence electrons. The molecule has 2 amide bonds. The number of aliphatic imine (C=N–C) groups is 1. The van der Waals surface area contributed by atoms with Crippen molar-refractivity contribution in [3.05, 3.63) is 34.3 Å². The lowest BCUT2D eigenvalue weighted by atomic mass is 10.1. The number of amides is 2. The summed E-state index contributed by atoms with van der Waals surface area (Å²) in [5.74, 6) is 0.318. The first-order valence-corrected chi connectivity index (χ1v) is 9.52. The van der Waals surface area contributed by atoms with E-state index >= 15 is 0 Å². The number of benzene rings is 1. The fourth-order valence-electron chi connectivity index (χ4n) is 2.13. The first-order chi connectivity index (χ1) is 12.5. The lowest BCUT2D eigenvalue weighted by molar-refractivity contribution is -0.127. The number of likely N-dealkylation sites (N-methyl/N-ethyl adjacent to an activating group) is 2. The molecule has 0 heterocycles. The Labute approximate surface area is 193 Å². The molecule has 0 atom stereocenters. The van der Waals surface area contributed by atoms with E-state index < -0.39 is 0 Å². The van der Waals surface area contributed by atoms with Gasteiger partial charge in [-0.1, -0.05) is 28.1 Å². The molecular weight excluding hydrogens is 537 g/mol. The Kier molecular flexibility index (Phi) is 11.7. The number of carbonyl (C=O) groups is 2. The van der Waals surface area contributed by atoms with Crippen molar-refractivity contribution in [2.24, 2.45) is 4.99 Å². The van der Waals surface area contributed by atoms with Gasteiger partial charge in [-0.15, -0.1) is 24.0 Å². The smallest absolute Gasteiger partial charge is 0.241 e.